The van der Waals surface area contributed by atoms with E-state index < -0.39 is 0 Å². The average molecular weight is 1940 g/mol. The summed E-state index contributed by atoms with van der Waals surface area (Å²) < 4.78 is 14.1. The van der Waals surface area contributed by atoms with Crippen molar-refractivity contribution in [1.82, 2.24) is 44.9 Å². The van der Waals surface area contributed by atoms with Crippen LogP contribution in [-0.4, -0.2) is 44.9 Å². The normalized spacial score (nSPS) is 11.9. The van der Waals surface area contributed by atoms with Crippen molar-refractivity contribution in [3.05, 3.63) is 443 Å². The lowest BCUT2D eigenvalue weighted by atomic mass is 9.96. The lowest BCUT2D eigenvalue weighted by Crippen LogP contribution is -2.00. The molecule has 9 heterocycles. The molecule has 0 amide bonds. The lowest BCUT2D eigenvalue weighted by Gasteiger charge is -2.10. The molecule has 29 rings (SSSR count). The van der Waals surface area contributed by atoms with Gasteiger partial charge in [0.1, 0.15) is 0 Å². The van der Waals surface area contributed by atoms with Gasteiger partial charge in [-0.1, -0.05) is 334 Å². The molecule has 670 valence electrons. The summed E-state index contributed by atoms with van der Waals surface area (Å²) in [5.41, 5.74) is 24.9. The standard InChI is InChI=1S/C129H73N9S6/c1-5-23-74(24-6-1)86-58-63-110-105(69-86)95-38-19-44-101(117(95)140-110)128-134-123(81-29-11-4-12-30-81)135-129(138-128)104-47-22-41-98-108-71-88(60-65-113(108)143-120(98)104)84-33-15-31-82(67-84)75-49-53-77(54-50-75)87-59-64-111-106(70-87)96-39-20-45-102(118(96)141-111)127-133-122(80-27-9-3-10-28-80)131-125(137-127)100-43-18-37-94-92-62-57-90(73-114(92)144-116(94)100)78-55-51-76(52-56-78)83-32-16-34-85(68-83)89-61-66-112-107(72-89)97-40-21-46-103(119(97)142-112)126-132-121(79-25-7-2-8-26-79)130-124(136-126)99-42-17-36-93-91-35-13-14-48-109(91)139-115(93)99/h1-73H. The fourth-order valence-electron chi connectivity index (χ4n) is 20.8. The summed E-state index contributed by atoms with van der Waals surface area (Å²) in [7, 11) is 0. The number of thiophene rings is 6. The van der Waals surface area contributed by atoms with E-state index in [0.717, 1.165) is 146 Å². The summed E-state index contributed by atoms with van der Waals surface area (Å²) in [6, 6.07) is 160. The molecule has 29 aromatic rings. The Morgan fingerprint density at radius 2 is 0.292 bits per heavy atom. The Morgan fingerprint density at radius 1 is 0.104 bits per heavy atom. The van der Waals surface area contributed by atoms with Crippen molar-refractivity contribution >= 4 is 189 Å². The van der Waals surface area contributed by atoms with Crippen LogP contribution in [-0.2, 0) is 0 Å². The molecular weight excluding hydrogens is 1870 g/mol. The van der Waals surface area contributed by atoms with Crippen molar-refractivity contribution < 1.29 is 0 Å². The van der Waals surface area contributed by atoms with Gasteiger partial charge >= 0.3 is 0 Å². The molecule has 0 N–H and O–H groups in total. The molecular formula is C129H73N9S6. The summed E-state index contributed by atoms with van der Waals surface area (Å²) in [5, 5.41) is 14.3. The van der Waals surface area contributed by atoms with E-state index in [1.807, 2.05) is 54.6 Å². The van der Waals surface area contributed by atoms with Crippen molar-refractivity contribution in [2.75, 3.05) is 0 Å². The van der Waals surface area contributed by atoms with E-state index in [4.69, 9.17) is 44.9 Å². The molecule has 0 spiro atoms. The van der Waals surface area contributed by atoms with Gasteiger partial charge in [0.25, 0.3) is 0 Å². The molecule has 20 aromatic carbocycles. The number of benzene rings is 20. The predicted octanol–water partition coefficient (Wildman–Crippen LogP) is 37.1. The second kappa shape index (κ2) is 34.3. The van der Waals surface area contributed by atoms with E-state index in [-0.39, 0.29) is 0 Å². The summed E-state index contributed by atoms with van der Waals surface area (Å²) in [5.74, 6) is 5.79. The first kappa shape index (κ1) is 83.7. The lowest BCUT2D eigenvalue weighted by molar-refractivity contribution is 1.08. The second-order valence-corrected chi connectivity index (χ2v) is 42.8. The first-order valence-corrected chi connectivity index (χ1v) is 52.8. The fraction of sp³-hybridized carbons (Fsp3) is 0. The minimum Gasteiger partial charge on any atom is -0.208 e. The highest BCUT2D eigenvalue weighted by molar-refractivity contribution is 7.28. The molecule has 0 unspecified atom stereocenters. The third kappa shape index (κ3) is 14.5. The van der Waals surface area contributed by atoms with Crippen molar-refractivity contribution in [2.45, 2.75) is 0 Å². The molecule has 0 bridgehead atoms. The Labute approximate surface area is 849 Å². The van der Waals surface area contributed by atoms with Crippen molar-refractivity contribution in [2.24, 2.45) is 0 Å². The fourth-order valence-corrected chi connectivity index (χ4v) is 28.0. The van der Waals surface area contributed by atoms with Crippen LogP contribution in [0, 0.1) is 0 Å². The maximum atomic E-state index is 5.50. The highest BCUT2D eigenvalue weighted by Crippen LogP contribution is 2.51. The zero-order chi connectivity index (χ0) is 94.6. The topological polar surface area (TPSA) is 116 Å². The molecule has 15 heteroatoms. The van der Waals surface area contributed by atoms with E-state index in [9.17, 15) is 0 Å². The summed E-state index contributed by atoms with van der Waals surface area (Å²) in [6.45, 7) is 0. The maximum Gasteiger partial charge on any atom is 0.165 e. The highest BCUT2D eigenvalue weighted by atomic mass is 32.1. The number of fused-ring (bicyclic) bond motifs is 18. The quantitative estimate of drug-likeness (QED) is 0.0932. The monoisotopic (exact) mass is 1940 g/mol. The smallest absolute Gasteiger partial charge is 0.165 e. The Balaban J connectivity index is 0.433. The zero-order valence-electron chi connectivity index (χ0n) is 76.6. The summed E-state index contributed by atoms with van der Waals surface area (Å²) >= 11 is 10.7. The van der Waals surface area contributed by atoms with Crippen molar-refractivity contribution in [3.8, 4) is 180 Å². The molecule has 0 radical (unpaired) electrons. The number of rotatable bonds is 16. The first-order valence-electron chi connectivity index (χ1n) is 47.9. The molecule has 9 aromatic heterocycles. The molecule has 0 aliphatic heterocycles. The van der Waals surface area contributed by atoms with Gasteiger partial charge in [-0.2, -0.15) is 0 Å². The van der Waals surface area contributed by atoms with E-state index in [1.165, 1.54) is 103 Å². The SMILES string of the molecule is c1ccc(-c2ccc3sc4c(-c5nc(-c6ccccc6)nc(-c6cccc7c6sc6ccc(-c8cccc(-c9ccc(-c%10ccc%11sc%12c(-c%13nc(-c%14ccccc%14)nc(-c%14cccc%15c%14sc%14cc(-c%16ccc(-c%17cccc(-c%18ccc%19sc%20c(-c%21nc(-c%22ccccc%22)nc(-c%22cccc%23c%22sc%22ccccc%22%23)n%21)cccc%20c%19c%18)c%17)cc%16)ccc%14%15)n%13)cccc%12c%11c%10)cc9)c8)cc67)n5)cccc4c3c2)cc1. The molecule has 0 fully saturated rings. The number of nitrogens with zero attached hydrogens (tertiary/aromatic N) is 9. The maximum absolute atomic E-state index is 5.50. The zero-order valence-corrected chi connectivity index (χ0v) is 81.5. The van der Waals surface area contributed by atoms with Gasteiger partial charge in [0.05, 0.1) is 0 Å². The van der Waals surface area contributed by atoms with Crippen LogP contribution in [0.2, 0.25) is 0 Å². The average Bonchev–Trinajstić information content (AvgIpc) is 1.59. The van der Waals surface area contributed by atoms with Crippen LogP contribution in [0.1, 0.15) is 0 Å². The Kier molecular flexibility index (Phi) is 20.0. The predicted molar refractivity (Wildman–Crippen MR) is 611 cm³/mol. The Bertz CT molecular complexity index is 10300. The van der Waals surface area contributed by atoms with Crippen LogP contribution >= 0.6 is 68.0 Å². The molecule has 0 saturated heterocycles. The second-order valence-electron chi connectivity index (χ2n) is 36.5. The van der Waals surface area contributed by atoms with Crippen LogP contribution in [0.25, 0.3) is 301 Å². The van der Waals surface area contributed by atoms with Gasteiger partial charge in [0.15, 0.2) is 52.4 Å². The van der Waals surface area contributed by atoms with Gasteiger partial charge in [-0.25, -0.2) is 44.9 Å². The van der Waals surface area contributed by atoms with Gasteiger partial charge in [-0.05, 0) is 187 Å². The minimum atomic E-state index is 0.624. The van der Waals surface area contributed by atoms with Crippen molar-refractivity contribution in [3.63, 3.8) is 0 Å². The van der Waals surface area contributed by atoms with E-state index in [2.05, 4.69) is 388 Å². The molecule has 9 nitrogen and oxygen atoms in total. The molecule has 0 aliphatic carbocycles. The number of aromatic nitrogens is 9. The molecule has 0 saturated carbocycles. The van der Waals surface area contributed by atoms with Crippen LogP contribution in [0.15, 0.2) is 443 Å². The van der Waals surface area contributed by atoms with Crippen molar-refractivity contribution in [1.29, 1.82) is 0 Å². The van der Waals surface area contributed by atoms with Gasteiger partial charge in [0, 0.05) is 171 Å². The van der Waals surface area contributed by atoms with E-state index in [1.54, 1.807) is 68.0 Å². The van der Waals surface area contributed by atoms with Crippen LogP contribution in [0.4, 0.5) is 0 Å². The number of hydrogen-bond donors (Lipinski definition) is 0. The van der Waals surface area contributed by atoms with E-state index >= 15 is 0 Å². The van der Waals surface area contributed by atoms with E-state index in [0.29, 0.717) is 52.4 Å². The minimum absolute atomic E-state index is 0.624. The molecule has 144 heavy (non-hydrogen) atoms. The molecule has 0 aliphatic rings. The summed E-state index contributed by atoms with van der Waals surface area (Å²) in [4.78, 5) is 48.0. The largest absolute Gasteiger partial charge is 0.208 e. The molecule has 0 atom stereocenters. The van der Waals surface area contributed by atoms with Crippen LogP contribution in [0.3, 0.4) is 0 Å². The van der Waals surface area contributed by atoms with Gasteiger partial charge < -0.3 is 0 Å². The van der Waals surface area contributed by atoms with Gasteiger partial charge in [-0.15, -0.1) is 68.0 Å². The van der Waals surface area contributed by atoms with Crippen LogP contribution < -0.4 is 0 Å². The van der Waals surface area contributed by atoms with Gasteiger partial charge in [-0.3, -0.25) is 0 Å². The van der Waals surface area contributed by atoms with Gasteiger partial charge in [0.2, 0.25) is 0 Å². The first-order chi connectivity index (χ1) is 71.3. The number of hydrogen-bond acceptors (Lipinski definition) is 15. The third-order valence-corrected chi connectivity index (χ3v) is 35.2. The Hall–Kier alpha value is -17.3. The Morgan fingerprint density at radius 3 is 0.604 bits per heavy atom. The third-order valence-electron chi connectivity index (χ3n) is 27.9. The highest BCUT2D eigenvalue weighted by Gasteiger charge is 2.27. The summed E-state index contributed by atoms with van der Waals surface area (Å²) in [6.07, 6.45) is 0. The van der Waals surface area contributed by atoms with Crippen LogP contribution in [0.5, 0.6) is 0 Å².